The van der Waals surface area contributed by atoms with Gasteiger partial charge in [0.1, 0.15) is 22.3 Å². The zero-order valence-electron chi connectivity index (χ0n) is 10.5. The summed E-state index contributed by atoms with van der Waals surface area (Å²) < 4.78 is 5.71. The largest absolute Gasteiger partial charge is 0.456 e. The minimum Gasteiger partial charge on any atom is -0.456 e. The van der Waals surface area contributed by atoms with Crippen LogP contribution in [0.4, 0.5) is 5.82 Å². The van der Waals surface area contributed by atoms with Crippen LogP contribution in [0.15, 0.2) is 36.5 Å². The first-order valence-corrected chi connectivity index (χ1v) is 6.78. The van der Waals surface area contributed by atoms with Crippen molar-refractivity contribution in [3.05, 3.63) is 46.6 Å². The number of anilines is 1. The number of ether oxygens (including phenoxy) is 1. The molecule has 1 N–H and O–H groups in total. The summed E-state index contributed by atoms with van der Waals surface area (Å²) in [7, 11) is 0. The van der Waals surface area contributed by atoms with Crippen molar-refractivity contribution in [3.63, 3.8) is 0 Å². The predicted octanol–water partition coefficient (Wildman–Crippen LogP) is 5.00. The van der Waals surface area contributed by atoms with Crippen LogP contribution in [-0.2, 0) is 0 Å². The van der Waals surface area contributed by atoms with Gasteiger partial charge in [0.15, 0.2) is 0 Å². The molecule has 0 aliphatic rings. The molecule has 1 aromatic carbocycles. The summed E-state index contributed by atoms with van der Waals surface area (Å²) in [6.07, 6.45) is 2.72. The zero-order valence-corrected chi connectivity index (χ0v) is 12.0. The minimum atomic E-state index is 0.407. The Labute approximate surface area is 122 Å². The van der Waals surface area contributed by atoms with Crippen molar-refractivity contribution in [2.45, 2.75) is 13.3 Å². The van der Waals surface area contributed by atoms with Gasteiger partial charge in [0.25, 0.3) is 0 Å². The highest BCUT2D eigenvalue weighted by Crippen LogP contribution is 2.34. The van der Waals surface area contributed by atoms with E-state index in [1.807, 2.05) is 6.07 Å². The molecule has 0 saturated heterocycles. The maximum Gasteiger partial charge on any atom is 0.147 e. The van der Waals surface area contributed by atoms with Crippen molar-refractivity contribution in [1.82, 2.24) is 4.98 Å². The summed E-state index contributed by atoms with van der Waals surface area (Å²) in [4.78, 5) is 4.21. The molecule has 0 radical (unpaired) electrons. The Kier molecular flexibility index (Phi) is 4.88. The van der Waals surface area contributed by atoms with Gasteiger partial charge in [-0.15, -0.1) is 0 Å². The van der Waals surface area contributed by atoms with Crippen LogP contribution in [0, 0.1) is 0 Å². The van der Waals surface area contributed by atoms with Gasteiger partial charge in [-0.05, 0) is 24.6 Å². The van der Waals surface area contributed by atoms with Crippen LogP contribution < -0.4 is 10.1 Å². The van der Waals surface area contributed by atoms with Gasteiger partial charge in [-0.3, -0.25) is 0 Å². The van der Waals surface area contributed by atoms with Crippen molar-refractivity contribution < 1.29 is 4.74 Å². The van der Waals surface area contributed by atoms with Crippen LogP contribution in [0.5, 0.6) is 11.5 Å². The van der Waals surface area contributed by atoms with Crippen molar-refractivity contribution in [3.8, 4) is 11.5 Å². The normalized spacial score (nSPS) is 10.3. The van der Waals surface area contributed by atoms with Gasteiger partial charge in [0.2, 0.25) is 0 Å². The van der Waals surface area contributed by atoms with Crippen LogP contribution >= 0.6 is 23.2 Å². The molecular formula is C14H14Cl2N2O. The smallest absolute Gasteiger partial charge is 0.147 e. The second-order valence-electron chi connectivity index (χ2n) is 3.96. The molecule has 0 bridgehead atoms. The third-order valence-electron chi connectivity index (χ3n) is 2.43. The van der Waals surface area contributed by atoms with E-state index in [2.05, 4.69) is 17.2 Å². The van der Waals surface area contributed by atoms with E-state index in [0.29, 0.717) is 21.5 Å². The number of halogens is 2. The molecule has 1 aromatic heterocycles. The monoisotopic (exact) mass is 296 g/mol. The number of hydrogen-bond acceptors (Lipinski definition) is 3. The van der Waals surface area contributed by atoms with Crippen molar-refractivity contribution in [2.75, 3.05) is 11.9 Å². The van der Waals surface area contributed by atoms with Crippen LogP contribution in [0.25, 0.3) is 0 Å². The van der Waals surface area contributed by atoms with E-state index in [4.69, 9.17) is 27.9 Å². The van der Waals surface area contributed by atoms with E-state index in [1.54, 1.807) is 30.5 Å². The third kappa shape index (κ3) is 3.75. The fourth-order valence-corrected chi connectivity index (χ4v) is 1.84. The molecule has 2 rings (SSSR count). The molecule has 100 valence electrons. The molecule has 0 spiro atoms. The molecule has 3 nitrogen and oxygen atoms in total. The maximum absolute atomic E-state index is 6.08. The molecule has 5 heteroatoms. The highest BCUT2D eigenvalue weighted by Gasteiger charge is 2.07. The summed E-state index contributed by atoms with van der Waals surface area (Å²) in [5.41, 5.74) is 0. The number of hydrogen-bond donors (Lipinski definition) is 1. The molecule has 0 atom stereocenters. The molecule has 19 heavy (non-hydrogen) atoms. The number of benzene rings is 1. The predicted molar refractivity (Wildman–Crippen MR) is 79.6 cm³/mol. The highest BCUT2D eigenvalue weighted by atomic mass is 35.5. The van der Waals surface area contributed by atoms with E-state index in [0.717, 1.165) is 18.8 Å². The molecule has 0 aliphatic carbocycles. The Hall–Kier alpha value is -1.45. The molecular weight excluding hydrogens is 283 g/mol. The second-order valence-corrected chi connectivity index (χ2v) is 4.74. The van der Waals surface area contributed by atoms with E-state index < -0.39 is 0 Å². The number of nitrogens with one attached hydrogen (secondary N) is 1. The molecule has 0 aliphatic heterocycles. The average molecular weight is 297 g/mol. The second kappa shape index (κ2) is 6.64. The molecule has 0 unspecified atom stereocenters. The first kappa shape index (κ1) is 14.0. The standard InChI is InChI=1S/C14H14Cl2N2O/c1-2-7-17-13-9-10(6-8-18-13)19-12-5-3-4-11(15)14(12)16/h3-6,8-9H,2,7H2,1H3,(H,17,18). The van der Waals surface area contributed by atoms with Gasteiger partial charge in [0, 0.05) is 18.8 Å². The fourth-order valence-electron chi connectivity index (χ4n) is 1.51. The van der Waals surface area contributed by atoms with Crippen LogP contribution in [0.3, 0.4) is 0 Å². The summed E-state index contributed by atoms with van der Waals surface area (Å²) in [5.74, 6) is 1.97. The average Bonchev–Trinajstić information content (AvgIpc) is 2.42. The lowest BCUT2D eigenvalue weighted by Gasteiger charge is -2.10. The van der Waals surface area contributed by atoms with Gasteiger partial charge < -0.3 is 10.1 Å². The van der Waals surface area contributed by atoms with Crippen LogP contribution in [0.1, 0.15) is 13.3 Å². The quantitative estimate of drug-likeness (QED) is 0.843. The van der Waals surface area contributed by atoms with E-state index in [9.17, 15) is 0 Å². The Bertz CT molecular complexity index is 561. The molecule has 0 amide bonds. The number of nitrogens with zero attached hydrogens (tertiary/aromatic N) is 1. The maximum atomic E-state index is 6.08. The number of aromatic nitrogens is 1. The molecule has 1 heterocycles. The van der Waals surface area contributed by atoms with E-state index in [-0.39, 0.29) is 0 Å². The van der Waals surface area contributed by atoms with Gasteiger partial charge >= 0.3 is 0 Å². The third-order valence-corrected chi connectivity index (χ3v) is 3.23. The van der Waals surface area contributed by atoms with E-state index >= 15 is 0 Å². The van der Waals surface area contributed by atoms with Gasteiger partial charge in [-0.2, -0.15) is 0 Å². The fraction of sp³-hybridized carbons (Fsp3) is 0.214. The van der Waals surface area contributed by atoms with Gasteiger partial charge in [-0.1, -0.05) is 36.2 Å². The van der Waals surface area contributed by atoms with Crippen molar-refractivity contribution >= 4 is 29.0 Å². The number of pyridine rings is 1. The summed E-state index contributed by atoms with van der Waals surface area (Å²) in [6, 6.07) is 8.88. The summed E-state index contributed by atoms with van der Waals surface area (Å²) >= 11 is 12.0. The Balaban J connectivity index is 2.16. The SMILES string of the molecule is CCCNc1cc(Oc2cccc(Cl)c2Cl)ccn1. The lowest BCUT2D eigenvalue weighted by Crippen LogP contribution is -2.01. The van der Waals surface area contributed by atoms with Crippen LogP contribution in [-0.4, -0.2) is 11.5 Å². The highest BCUT2D eigenvalue weighted by molar-refractivity contribution is 6.42. The Morgan fingerprint density at radius 3 is 2.89 bits per heavy atom. The van der Waals surface area contributed by atoms with Crippen molar-refractivity contribution in [2.24, 2.45) is 0 Å². The zero-order chi connectivity index (χ0) is 13.7. The Morgan fingerprint density at radius 1 is 1.26 bits per heavy atom. The first-order valence-electron chi connectivity index (χ1n) is 6.02. The Morgan fingerprint density at radius 2 is 2.11 bits per heavy atom. The first-order chi connectivity index (χ1) is 9.20. The molecule has 0 fully saturated rings. The number of rotatable bonds is 5. The lowest BCUT2D eigenvalue weighted by atomic mass is 10.3. The van der Waals surface area contributed by atoms with Gasteiger partial charge in [-0.25, -0.2) is 4.98 Å². The molecule has 0 saturated carbocycles. The molecule has 2 aromatic rings. The minimum absolute atomic E-state index is 0.407. The lowest BCUT2D eigenvalue weighted by molar-refractivity contribution is 0.482. The van der Waals surface area contributed by atoms with Crippen LogP contribution in [0.2, 0.25) is 10.0 Å². The van der Waals surface area contributed by atoms with Gasteiger partial charge in [0.05, 0.1) is 5.02 Å². The van der Waals surface area contributed by atoms with E-state index in [1.165, 1.54) is 0 Å². The van der Waals surface area contributed by atoms with Crippen molar-refractivity contribution in [1.29, 1.82) is 0 Å². The topological polar surface area (TPSA) is 34.1 Å². The summed E-state index contributed by atoms with van der Waals surface area (Å²) in [6.45, 7) is 2.97. The summed E-state index contributed by atoms with van der Waals surface area (Å²) in [5, 5.41) is 4.07.